The molecule has 0 radical (unpaired) electrons. The van der Waals surface area contributed by atoms with Gasteiger partial charge in [-0.25, -0.2) is 9.37 Å². The summed E-state index contributed by atoms with van der Waals surface area (Å²) in [6.07, 6.45) is 2.32. The standard InChI is InChI=1S/C28H25Br2FN4O4/c1-4-16(2)27-34-23-10-5-18(29)13-21(23)28(37)35(27)32-14-17-11-22(30)26(24(12-17)38-3)39-15-25(36)33-20-8-6-19(31)7-9-20/h5-14,16H,4,15H2,1-3H3,(H,33,36)/t16-/m1/s1. The molecule has 0 saturated carbocycles. The van der Waals surface area contributed by atoms with Gasteiger partial charge in [-0.05, 0) is 82.5 Å². The van der Waals surface area contributed by atoms with E-state index in [1.54, 1.807) is 24.3 Å². The van der Waals surface area contributed by atoms with Crippen molar-refractivity contribution >= 4 is 60.6 Å². The first-order valence-corrected chi connectivity index (χ1v) is 13.6. The highest BCUT2D eigenvalue weighted by Gasteiger charge is 2.17. The molecular formula is C28H25Br2FN4O4. The summed E-state index contributed by atoms with van der Waals surface area (Å²) < 4.78 is 26.9. The first-order chi connectivity index (χ1) is 18.7. The molecule has 0 fully saturated rings. The highest BCUT2D eigenvalue weighted by molar-refractivity contribution is 9.10. The minimum Gasteiger partial charge on any atom is -0.493 e. The minimum atomic E-state index is -0.423. The summed E-state index contributed by atoms with van der Waals surface area (Å²) in [7, 11) is 1.48. The van der Waals surface area contributed by atoms with E-state index >= 15 is 0 Å². The van der Waals surface area contributed by atoms with Crippen molar-refractivity contribution in [3.8, 4) is 11.5 Å². The Labute approximate surface area is 241 Å². The van der Waals surface area contributed by atoms with Crippen molar-refractivity contribution in [1.29, 1.82) is 0 Å². The molecule has 1 aromatic heterocycles. The molecule has 1 atom stereocenters. The van der Waals surface area contributed by atoms with Gasteiger partial charge in [0.05, 0.1) is 28.7 Å². The summed E-state index contributed by atoms with van der Waals surface area (Å²) in [4.78, 5) is 30.4. The van der Waals surface area contributed by atoms with E-state index in [0.717, 1.165) is 10.9 Å². The van der Waals surface area contributed by atoms with Gasteiger partial charge >= 0.3 is 0 Å². The Kier molecular flexibility index (Phi) is 9.13. The quantitative estimate of drug-likeness (QED) is 0.208. The Morgan fingerprint density at radius 3 is 2.62 bits per heavy atom. The van der Waals surface area contributed by atoms with Gasteiger partial charge in [-0.1, -0.05) is 29.8 Å². The lowest BCUT2D eigenvalue weighted by molar-refractivity contribution is -0.118. The second kappa shape index (κ2) is 12.5. The molecule has 4 aromatic rings. The zero-order valence-corrected chi connectivity index (χ0v) is 24.5. The largest absolute Gasteiger partial charge is 0.493 e. The monoisotopic (exact) mass is 658 g/mol. The van der Waals surface area contributed by atoms with Gasteiger partial charge in [-0.3, -0.25) is 9.59 Å². The fraction of sp³-hybridized carbons (Fsp3) is 0.214. The van der Waals surface area contributed by atoms with Crippen LogP contribution in [0.15, 0.2) is 73.4 Å². The molecule has 0 aliphatic heterocycles. The predicted molar refractivity (Wildman–Crippen MR) is 157 cm³/mol. The molecule has 202 valence electrons. The van der Waals surface area contributed by atoms with E-state index < -0.39 is 11.7 Å². The van der Waals surface area contributed by atoms with Crippen molar-refractivity contribution in [2.24, 2.45) is 5.10 Å². The smallest absolute Gasteiger partial charge is 0.282 e. The van der Waals surface area contributed by atoms with Crippen molar-refractivity contribution in [2.45, 2.75) is 26.2 Å². The first kappa shape index (κ1) is 28.4. The number of carbonyl (C=O) groups excluding carboxylic acids is 1. The van der Waals surface area contributed by atoms with Crippen LogP contribution in [0.5, 0.6) is 11.5 Å². The lowest BCUT2D eigenvalue weighted by Gasteiger charge is -2.15. The van der Waals surface area contributed by atoms with Crippen LogP contribution >= 0.6 is 31.9 Å². The molecule has 0 saturated heterocycles. The SMILES string of the molecule is CC[C@@H](C)c1nc2ccc(Br)cc2c(=O)n1N=Cc1cc(Br)c(OCC(=O)Nc2ccc(F)cc2)c(OC)c1. The van der Waals surface area contributed by atoms with Crippen molar-refractivity contribution in [2.75, 3.05) is 19.0 Å². The molecule has 0 spiro atoms. The zero-order chi connectivity index (χ0) is 28.1. The number of nitrogens with one attached hydrogen (secondary N) is 1. The number of carbonyl (C=O) groups is 1. The number of methoxy groups -OCH3 is 1. The van der Waals surface area contributed by atoms with Crippen LogP contribution in [0.3, 0.4) is 0 Å². The van der Waals surface area contributed by atoms with E-state index in [-0.39, 0.29) is 18.1 Å². The predicted octanol–water partition coefficient (Wildman–Crippen LogP) is 6.48. The number of benzene rings is 3. The van der Waals surface area contributed by atoms with Crippen LogP contribution < -0.4 is 20.3 Å². The van der Waals surface area contributed by atoms with Crippen LogP contribution in [0.1, 0.15) is 37.6 Å². The van der Waals surface area contributed by atoms with Gasteiger partial charge in [0.15, 0.2) is 18.1 Å². The third-order valence-corrected chi connectivity index (χ3v) is 7.02. The zero-order valence-electron chi connectivity index (χ0n) is 21.4. The number of ether oxygens (including phenoxy) is 2. The molecule has 0 aliphatic rings. The lowest BCUT2D eigenvalue weighted by Crippen LogP contribution is -2.23. The molecule has 3 aromatic carbocycles. The van der Waals surface area contributed by atoms with Crippen molar-refractivity contribution in [1.82, 2.24) is 9.66 Å². The molecule has 8 nitrogen and oxygen atoms in total. The lowest BCUT2D eigenvalue weighted by atomic mass is 10.1. The second-order valence-electron chi connectivity index (χ2n) is 8.68. The summed E-state index contributed by atoms with van der Waals surface area (Å²) in [5.41, 5.74) is 1.41. The summed E-state index contributed by atoms with van der Waals surface area (Å²) in [6.45, 7) is 3.72. The Hall–Kier alpha value is -3.57. The first-order valence-electron chi connectivity index (χ1n) is 12.0. The number of fused-ring (bicyclic) bond motifs is 1. The molecule has 1 N–H and O–H groups in total. The number of rotatable bonds is 9. The van der Waals surface area contributed by atoms with E-state index in [9.17, 15) is 14.0 Å². The molecule has 39 heavy (non-hydrogen) atoms. The van der Waals surface area contributed by atoms with Gasteiger partial charge in [-0.2, -0.15) is 9.78 Å². The van der Waals surface area contributed by atoms with Gasteiger partial charge in [0.25, 0.3) is 11.5 Å². The third kappa shape index (κ3) is 6.72. The number of hydrogen-bond acceptors (Lipinski definition) is 6. The average molecular weight is 660 g/mol. The fourth-order valence-electron chi connectivity index (χ4n) is 3.73. The Balaban J connectivity index is 1.60. The maximum absolute atomic E-state index is 13.4. The van der Waals surface area contributed by atoms with E-state index in [0.29, 0.717) is 43.9 Å². The summed E-state index contributed by atoms with van der Waals surface area (Å²) in [5, 5.41) is 7.58. The van der Waals surface area contributed by atoms with Crippen LogP contribution in [0, 0.1) is 5.82 Å². The van der Waals surface area contributed by atoms with Gasteiger partial charge in [0, 0.05) is 16.1 Å². The Morgan fingerprint density at radius 2 is 1.92 bits per heavy atom. The molecular weight excluding hydrogens is 635 g/mol. The van der Waals surface area contributed by atoms with Gasteiger partial charge in [0.2, 0.25) is 0 Å². The highest BCUT2D eigenvalue weighted by atomic mass is 79.9. The summed E-state index contributed by atoms with van der Waals surface area (Å²) in [6, 6.07) is 14.2. The van der Waals surface area contributed by atoms with Gasteiger partial charge < -0.3 is 14.8 Å². The van der Waals surface area contributed by atoms with E-state index in [1.807, 2.05) is 19.9 Å². The van der Waals surface area contributed by atoms with Crippen LogP contribution in [-0.2, 0) is 4.79 Å². The fourth-order valence-corrected chi connectivity index (χ4v) is 4.66. The van der Waals surface area contributed by atoms with Crippen molar-refractivity contribution in [3.05, 3.63) is 91.1 Å². The minimum absolute atomic E-state index is 0.000927. The average Bonchev–Trinajstić information content (AvgIpc) is 2.92. The molecule has 1 amide bonds. The Bertz CT molecular complexity index is 1610. The van der Waals surface area contributed by atoms with Crippen LogP contribution in [-0.4, -0.2) is 35.5 Å². The van der Waals surface area contributed by atoms with E-state index in [1.165, 1.54) is 42.3 Å². The number of aromatic nitrogens is 2. The Morgan fingerprint density at radius 1 is 1.18 bits per heavy atom. The molecule has 0 unspecified atom stereocenters. The second-order valence-corrected chi connectivity index (χ2v) is 10.5. The summed E-state index contributed by atoms with van der Waals surface area (Å²) >= 11 is 6.88. The third-order valence-electron chi connectivity index (χ3n) is 5.94. The molecule has 11 heteroatoms. The number of anilines is 1. The normalized spacial score (nSPS) is 12.1. The van der Waals surface area contributed by atoms with Gasteiger partial charge in [-0.15, -0.1) is 0 Å². The van der Waals surface area contributed by atoms with Crippen LogP contribution in [0.25, 0.3) is 10.9 Å². The van der Waals surface area contributed by atoms with Crippen molar-refractivity contribution in [3.63, 3.8) is 0 Å². The van der Waals surface area contributed by atoms with Gasteiger partial charge in [0.1, 0.15) is 11.6 Å². The maximum Gasteiger partial charge on any atom is 0.282 e. The maximum atomic E-state index is 13.4. The highest BCUT2D eigenvalue weighted by Crippen LogP contribution is 2.36. The van der Waals surface area contributed by atoms with E-state index in [4.69, 9.17) is 14.5 Å². The van der Waals surface area contributed by atoms with E-state index in [2.05, 4.69) is 42.3 Å². The number of hydrogen-bond donors (Lipinski definition) is 1. The molecule has 0 aliphatic carbocycles. The van der Waals surface area contributed by atoms with Crippen LogP contribution in [0.2, 0.25) is 0 Å². The molecule has 0 bridgehead atoms. The number of halogens is 3. The van der Waals surface area contributed by atoms with Crippen LogP contribution in [0.4, 0.5) is 10.1 Å². The number of nitrogens with zero attached hydrogens (tertiary/aromatic N) is 3. The topological polar surface area (TPSA) is 94.8 Å². The number of amides is 1. The summed E-state index contributed by atoms with van der Waals surface area (Å²) in [5.74, 6) is 0.419. The van der Waals surface area contributed by atoms with Crippen molar-refractivity contribution < 1.29 is 18.7 Å². The molecule has 4 rings (SSSR count). The molecule has 1 heterocycles.